The highest BCUT2D eigenvalue weighted by atomic mass is 16.5. The van der Waals surface area contributed by atoms with Crippen LogP contribution in [-0.2, 0) is 6.54 Å². The number of ether oxygens (including phenoxy) is 1. The van der Waals surface area contributed by atoms with Crippen LogP contribution in [0.3, 0.4) is 0 Å². The maximum atomic E-state index is 5.29. The number of rotatable bonds is 5. The Morgan fingerprint density at radius 2 is 1.54 bits per heavy atom. The predicted molar refractivity (Wildman–Crippen MR) is 105 cm³/mol. The van der Waals surface area contributed by atoms with Gasteiger partial charge in [0.1, 0.15) is 5.75 Å². The van der Waals surface area contributed by atoms with Gasteiger partial charge in [0.15, 0.2) is 0 Å². The minimum absolute atomic E-state index is 0.718. The zero-order chi connectivity index (χ0) is 17.8. The molecule has 1 heterocycles. The lowest BCUT2D eigenvalue weighted by molar-refractivity contribution is 0.414. The number of hydrogen-bond acceptors (Lipinski definition) is 2. The van der Waals surface area contributed by atoms with Gasteiger partial charge in [0.25, 0.3) is 0 Å². The summed E-state index contributed by atoms with van der Waals surface area (Å²) in [5.41, 5.74) is 5.68. The molecule has 3 nitrogen and oxygen atoms in total. The van der Waals surface area contributed by atoms with Crippen molar-refractivity contribution in [3.05, 3.63) is 96.7 Å². The first-order valence-electron chi connectivity index (χ1n) is 8.64. The van der Waals surface area contributed by atoms with Crippen molar-refractivity contribution in [2.45, 2.75) is 6.54 Å². The van der Waals surface area contributed by atoms with E-state index < -0.39 is 0 Å². The first-order valence-corrected chi connectivity index (χ1v) is 8.64. The van der Waals surface area contributed by atoms with Gasteiger partial charge in [-0.2, -0.15) is 5.10 Å². The van der Waals surface area contributed by atoms with Crippen molar-refractivity contribution in [2.24, 2.45) is 0 Å². The molecule has 0 saturated heterocycles. The summed E-state index contributed by atoms with van der Waals surface area (Å²) < 4.78 is 7.25. The van der Waals surface area contributed by atoms with Gasteiger partial charge < -0.3 is 4.74 Å². The topological polar surface area (TPSA) is 27.1 Å². The van der Waals surface area contributed by atoms with E-state index in [1.54, 1.807) is 7.11 Å². The minimum atomic E-state index is 0.718. The van der Waals surface area contributed by atoms with Crippen molar-refractivity contribution in [1.29, 1.82) is 0 Å². The van der Waals surface area contributed by atoms with Gasteiger partial charge in [-0.3, -0.25) is 4.68 Å². The number of nitrogens with zero attached hydrogens (tertiary/aromatic N) is 2. The van der Waals surface area contributed by atoms with E-state index in [1.807, 2.05) is 35.1 Å². The van der Waals surface area contributed by atoms with Crippen molar-refractivity contribution < 1.29 is 4.74 Å². The summed E-state index contributed by atoms with van der Waals surface area (Å²) in [6, 6.07) is 29.0. The van der Waals surface area contributed by atoms with E-state index in [-0.39, 0.29) is 0 Å². The normalized spacial score (nSPS) is 10.7. The second-order valence-corrected chi connectivity index (χ2v) is 6.20. The van der Waals surface area contributed by atoms with Gasteiger partial charge in [-0.05, 0) is 41.0 Å². The van der Waals surface area contributed by atoms with Crippen molar-refractivity contribution >= 4 is 0 Å². The smallest absolute Gasteiger partial charge is 0.119 e. The van der Waals surface area contributed by atoms with E-state index in [0.717, 1.165) is 29.1 Å². The molecule has 0 aliphatic rings. The fourth-order valence-corrected chi connectivity index (χ4v) is 3.05. The Kier molecular flexibility index (Phi) is 4.52. The van der Waals surface area contributed by atoms with Gasteiger partial charge in [-0.1, -0.05) is 60.7 Å². The van der Waals surface area contributed by atoms with E-state index in [1.165, 1.54) is 11.1 Å². The molecular formula is C23H20N2O. The Hall–Kier alpha value is -3.33. The molecule has 0 N–H and O–H groups in total. The molecule has 3 heteroatoms. The van der Waals surface area contributed by atoms with Crippen LogP contribution in [-0.4, -0.2) is 16.9 Å². The summed E-state index contributed by atoms with van der Waals surface area (Å²) in [5.74, 6) is 0.866. The van der Waals surface area contributed by atoms with Gasteiger partial charge in [-0.25, -0.2) is 0 Å². The summed E-state index contributed by atoms with van der Waals surface area (Å²) in [5, 5.41) is 4.74. The van der Waals surface area contributed by atoms with Crippen LogP contribution in [0.15, 0.2) is 91.1 Å². The molecule has 0 aliphatic heterocycles. The van der Waals surface area contributed by atoms with Gasteiger partial charge >= 0.3 is 0 Å². The van der Waals surface area contributed by atoms with Crippen LogP contribution in [0.5, 0.6) is 5.75 Å². The minimum Gasteiger partial charge on any atom is -0.497 e. The molecule has 0 radical (unpaired) electrons. The lowest BCUT2D eigenvalue weighted by Crippen LogP contribution is -2.00. The quantitative estimate of drug-likeness (QED) is 0.494. The molecule has 0 spiro atoms. The standard InChI is InChI=1S/C23H20N2O/c1-26-22-12-5-7-18(15-22)17-25-14-13-23(24-25)21-11-6-10-20(16-21)19-8-3-2-4-9-19/h2-16H,17H2,1H3. The maximum Gasteiger partial charge on any atom is 0.119 e. The highest BCUT2D eigenvalue weighted by Gasteiger charge is 2.06. The van der Waals surface area contributed by atoms with E-state index in [2.05, 4.69) is 60.7 Å². The van der Waals surface area contributed by atoms with Crippen LogP contribution < -0.4 is 4.74 Å². The molecule has 4 rings (SSSR count). The predicted octanol–water partition coefficient (Wildman–Crippen LogP) is 5.27. The van der Waals surface area contributed by atoms with E-state index >= 15 is 0 Å². The summed E-state index contributed by atoms with van der Waals surface area (Å²) >= 11 is 0. The molecule has 0 saturated carbocycles. The Morgan fingerprint density at radius 1 is 0.769 bits per heavy atom. The second-order valence-electron chi connectivity index (χ2n) is 6.20. The molecule has 26 heavy (non-hydrogen) atoms. The van der Waals surface area contributed by atoms with Crippen LogP contribution in [0.4, 0.5) is 0 Å². The van der Waals surface area contributed by atoms with Crippen LogP contribution in [0.1, 0.15) is 5.56 Å². The molecule has 0 unspecified atom stereocenters. The van der Waals surface area contributed by atoms with Gasteiger partial charge in [0, 0.05) is 11.8 Å². The lowest BCUT2D eigenvalue weighted by atomic mass is 10.0. The Bertz CT molecular complexity index is 1010. The van der Waals surface area contributed by atoms with Crippen molar-refractivity contribution in [1.82, 2.24) is 9.78 Å². The lowest BCUT2D eigenvalue weighted by Gasteiger charge is -2.05. The van der Waals surface area contributed by atoms with Crippen molar-refractivity contribution in [2.75, 3.05) is 7.11 Å². The first-order chi connectivity index (χ1) is 12.8. The zero-order valence-corrected chi connectivity index (χ0v) is 14.7. The summed E-state index contributed by atoms with van der Waals surface area (Å²) in [4.78, 5) is 0. The van der Waals surface area contributed by atoms with Crippen LogP contribution in [0.25, 0.3) is 22.4 Å². The first kappa shape index (κ1) is 16.2. The number of methoxy groups -OCH3 is 1. The fraction of sp³-hybridized carbons (Fsp3) is 0.0870. The Labute approximate surface area is 153 Å². The van der Waals surface area contributed by atoms with Crippen molar-refractivity contribution in [3.63, 3.8) is 0 Å². The molecule has 3 aromatic carbocycles. The molecular weight excluding hydrogens is 320 g/mol. The maximum absolute atomic E-state index is 5.29. The zero-order valence-electron chi connectivity index (χ0n) is 14.7. The average molecular weight is 340 g/mol. The Balaban J connectivity index is 1.58. The molecule has 128 valence electrons. The van der Waals surface area contributed by atoms with E-state index in [4.69, 9.17) is 9.84 Å². The number of hydrogen-bond donors (Lipinski definition) is 0. The third-order valence-electron chi connectivity index (χ3n) is 4.38. The summed E-state index contributed by atoms with van der Waals surface area (Å²) in [6.45, 7) is 0.718. The highest BCUT2D eigenvalue weighted by molar-refractivity contribution is 5.71. The van der Waals surface area contributed by atoms with E-state index in [9.17, 15) is 0 Å². The van der Waals surface area contributed by atoms with Gasteiger partial charge in [0.05, 0.1) is 19.3 Å². The highest BCUT2D eigenvalue weighted by Crippen LogP contribution is 2.25. The largest absolute Gasteiger partial charge is 0.497 e. The molecule has 0 fully saturated rings. The SMILES string of the molecule is COc1cccc(Cn2ccc(-c3cccc(-c4ccccc4)c3)n2)c1. The molecule has 0 amide bonds. The van der Waals surface area contributed by atoms with Crippen LogP contribution >= 0.6 is 0 Å². The third-order valence-corrected chi connectivity index (χ3v) is 4.38. The molecule has 0 bridgehead atoms. The molecule has 0 aliphatic carbocycles. The molecule has 4 aromatic rings. The van der Waals surface area contributed by atoms with Gasteiger partial charge in [0.2, 0.25) is 0 Å². The van der Waals surface area contributed by atoms with E-state index in [0.29, 0.717) is 0 Å². The monoisotopic (exact) mass is 340 g/mol. The Morgan fingerprint density at radius 3 is 2.38 bits per heavy atom. The summed E-state index contributed by atoms with van der Waals surface area (Å²) in [6.07, 6.45) is 2.02. The molecule has 0 atom stereocenters. The van der Waals surface area contributed by atoms with Crippen LogP contribution in [0.2, 0.25) is 0 Å². The van der Waals surface area contributed by atoms with Crippen LogP contribution in [0, 0.1) is 0 Å². The van der Waals surface area contributed by atoms with Gasteiger partial charge in [-0.15, -0.1) is 0 Å². The second kappa shape index (κ2) is 7.28. The number of benzene rings is 3. The van der Waals surface area contributed by atoms with Crippen molar-refractivity contribution in [3.8, 4) is 28.1 Å². The number of aromatic nitrogens is 2. The average Bonchev–Trinajstić information content (AvgIpc) is 3.17. The summed E-state index contributed by atoms with van der Waals surface area (Å²) in [7, 11) is 1.69. The molecule has 1 aromatic heterocycles. The fourth-order valence-electron chi connectivity index (χ4n) is 3.05. The third kappa shape index (κ3) is 3.52.